The van der Waals surface area contributed by atoms with Crippen LogP contribution in [-0.2, 0) is 19.9 Å². The summed E-state index contributed by atoms with van der Waals surface area (Å²) in [6, 6.07) is 7.95. The molecule has 3 N–H and O–H groups in total. The van der Waals surface area contributed by atoms with Crippen LogP contribution in [0.15, 0.2) is 46.5 Å². The third-order valence-electron chi connectivity index (χ3n) is 4.82. The number of rotatable bonds is 5. The first kappa shape index (κ1) is 22.9. The molecule has 1 saturated heterocycles. The Balaban J connectivity index is 2.02. The summed E-state index contributed by atoms with van der Waals surface area (Å²) in [5.41, 5.74) is 3.74. The van der Waals surface area contributed by atoms with Crippen LogP contribution in [-0.4, -0.2) is 61.7 Å². The summed E-state index contributed by atoms with van der Waals surface area (Å²) in [4.78, 5) is 3.47. The largest absolute Gasteiger partial charge is 0.386 e. The molecule has 1 fully saturated rings. The number of nitrogens with two attached hydrogens (primary N) is 1. The molecule has 1 aliphatic rings. The number of benzene rings is 1. The highest BCUT2D eigenvalue weighted by atomic mass is 35.5. The van der Waals surface area contributed by atoms with Crippen LogP contribution in [0.3, 0.4) is 0 Å². The Kier molecular flexibility index (Phi) is 6.14. The Labute approximate surface area is 183 Å². The average Bonchev–Trinajstić information content (AvgIpc) is 3.08. The Hall–Kier alpha value is -1.78. The minimum atomic E-state index is -4.29. The maximum absolute atomic E-state index is 13.1. The highest BCUT2D eigenvalue weighted by Crippen LogP contribution is 2.35. The van der Waals surface area contributed by atoms with E-state index in [2.05, 4.69) is 4.98 Å². The first-order valence-electron chi connectivity index (χ1n) is 8.43. The Morgan fingerprint density at radius 2 is 1.97 bits per heavy atom. The standard InChI is InChI=1S/C17H16Cl2N4O5S2/c18-12-2-4-16(22-7-12)29(25,26)15-8-23(10-17(15,24)9-21)30(27,28)14-3-1-11(6-20)5-13(14)19/h1-5,7,15,24H,8-10,21H2/t15-,17+/m0/s1. The summed E-state index contributed by atoms with van der Waals surface area (Å²) in [6.45, 7) is -1.61. The Bertz CT molecular complexity index is 1230. The van der Waals surface area contributed by atoms with E-state index >= 15 is 0 Å². The van der Waals surface area contributed by atoms with Gasteiger partial charge in [0.25, 0.3) is 0 Å². The molecule has 1 aliphatic heterocycles. The molecule has 30 heavy (non-hydrogen) atoms. The summed E-state index contributed by atoms with van der Waals surface area (Å²) < 4.78 is 53.1. The van der Waals surface area contributed by atoms with Gasteiger partial charge >= 0.3 is 0 Å². The van der Waals surface area contributed by atoms with Crippen LogP contribution in [0.2, 0.25) is 10.0 Å². The molecule has 0 aliphatic carbocycles. The molecule has 0 amide bonds. The summed E-state index contributed by atoms with van der Waals surface area (Å²) in [5, 5.41) is 17.9. The van der Waals surface area contributed by atoms with Crippen LogP contribution in [0.5, 0.6) is 0 Å². The number of sulfonamides is 1. The lowest BCUT2D eigenvalue weighted by Crippen LogP contribution is -2.51. The zero-order chi connectivity index (χ0) is 22.3. The van der Waals surface area contributed by atoms with Crippen LogP contribution in [0, 0.1) is 11.3 Å². The smallest absolute Gasteiger partial charge is 0.244 e. The number of halogens is 2. The zero-order valence-electron chi connectivity index (χ0n) is 15.2. The predicted octanol–water partition coefficient (Wildman–Crippen LogP) is 0.797. The van der Waals surface area contributed by atoms with Gasteiger partial charge in [-0.3, -0.25) is 0 Å². The van der Waals surface area contributed by atoms with Crippen LogP contribution in [0.1, 0.15) is 5.56 Å². The van der Waals surface area contributed by atoms with Gasteiger partial charge in [0, 0.05) is 25.8 Å². The summed E-state index contributed by atoms with van der Waals surface area (Å²) in [7, 11) is -8.54. The summed E-state index contributed by atoms with van der Waals surface area (Å²) in [5.74, 6) is 0. The molecule has 1 aromatic carbocycles. The van der Waals surface area contributed by atoms with Gasteiger partial charge in [-0.2, -0.15) is 9.57 Å². The normalized spacial score (nSPS) is 22.7. The number of aliphatic hydroxyl groups is 1. The molecule has 0 bridgehead atoms. The van der Waals surface area contributed by atoms with Crippen LogP contribution in [0.4, 0.5) is 0 Å². The fourth-order valence-electron chi connectivity index (χ4n) is 3.19. The van der Waals surface area contributed by atoms with E-state index in [1.165, 1.54) is 24.3 Å². The third kappa shape index (κ3) is 3.92. The van der Waals surface area contributed by atoms with E-state index in [0.29, 0.717) is 0 Å². The highest BCUT2D eigenvalue weighted by Gasteiger charge is 2.55. The number of sulfone groups is 1. The van der Waals surface area contributed by atoms with Crippen molar-refractivity contribution in [3.63, 3.8) is 0 Å². The van der Waals surface area contributed by atoms with Crippen LogP contribution in [0.25, 0.3) is 0 Å². The summed E-state index contributed by atoms with van der Waals surface area (Å²) >= 11 is 11.8. The molecule has 1 aromatic heterocycles. The van der Waals surface area contributed by atoms with E-state index in [0.717, 1.165) is 16.6 Å². The van der Waals surface area contributed by atoms with Gasteiger partial charge in [0.05, 0.1) is 21.7 Å². The third-order valence-corrected chi connectivity index (χ3v) is 9.50. The lowest BCUT2D eigenvalue weighted by Gasteiger charge is -2.26. The molecule has 2 aromatic rings. The fourth-order valence-corrected chi connectivity index (χ4v) is 7.30. The van der Waals surface area contributed by atoms with E-state index in [4.69, 9.17) is 34.2 Å². The van der Waals surface area contributed by atoms with Gasteiger partial charge < -0.3 is 10.8 Å². The molecular weight excluding hydrogens is 475 g/mol. The quantitative estimate of drug-likeness (QED) is 0.623. The van der Waals surface area contributed by atoms with E-state index in [1.807, 2.05) is 6.07 Å². The molecule has 160 valence electrons. The second kappa shape index (κ2) is 8.05. The lowest BCUT2D eigenvalue weighted by molar-refractivity contribution is 0.0675. The van der Waals surface area contributed by atoms with Gasteiger partial charge in [0.2, 0.25) is 19.9 Å². The maximum atomic E-state index is 13.1. The molecule has 0 spiro atoms. The van der Waals surface area contributed by atoms with Crippen molar-refractivity contribution < 1.29 is 21.9 Å². The second-order valence-electron chi connectivity index (χ2n) is 6.71. The van der Waals surface area contributed by atoms with Gasteiger partial charge in [-0.15, -0.1) is 0 Å². The summed E-state index contributed by atoms with van der Waals surface area (Å²) in [6.07, 6.45) is 1.13. The Morgan fingerprint density at radius 3 is 2.50 bits per heavy atom. The monoisotopic (exact) mass is 490 g/mol. The van der Waals surface area contributed by atoms with Gasteiger partial charge in [0.15, 0.2) is 5.03 Å². The van der Waals surface area contributed by atoms with Gasteiger partial charge in [0.1, 0.15) is 15.7 Å². The molecular formula is C17H16Cl2N4O5S2. The predicted molar refractivity (Wildman–Crippen MR) is 109 cm³/mol. The second-order valence-corrected chi connectivity index (χ2v) is 11.5. The van der Waals surface area contributed by atoms with Crippen molar-refractivity contribution >= 4 is 43.1 Å². The molecule has 2 heterocycles. The molecule has 2 atom stereocenters. The number of pyridine rings is 1. The maximum Gasteiger partial charge on any atom is 0.244 e. The number of nitriles is 1. The number of hydrogen-bond donors (Lipinski definition) is 2. The van der Waals surface area contributed by atoms with Gasteiger partial charge in [-0.1, -0.05) is 23.2 Å². The molecule has 0 radical (unpaired) electrons. The number of nitrogens with zero attached hydrogens (tertiary/aromatic N) is 3. The molecule has 0 saturated carbocycles. The van der Waals surface area contributed by atoms with Crippen molar-refractivity contribution in [2.45, 2.75) is 20.8 Å². The van der Waals surface area contributed by atoms with Gasteiger partial charge in [-0.05, 0) is 30.3 Å². The molecule has 9 nitrogen and oxygen atoms in total. The van der Waals surface area contributed by atoms with E-state index in [1.54, 1.807) is 0 Å². The van der Waals surface area contributed by atoms with Crippen molar-refractivity contribution in [1.29, 1.82) is 5.26 Å². The van der Waals surface area contributed by atoms with Crippen LogP contribution < -0.4 is 5.73 Å². The molecule has 3 rings (SSSR count). The average molecular weight is 491 g/mol. The first-order chi connectivity index (χ1) is 14.0. The number of aromatic nitrogens is 1. The van der Waals surface area contributed by atoms with Crippen LogP contribution >= 0.6 is 23.2 Å². The SMILES string of the molecule is N#Cc1ccc(S(=O)(=O)N2C[C@H](S(=O)(=O)c3ccc(Cl)cn3)[C@@](O)(CN)C2)c(Cl)c1. The highest BCUT2D eigenvalue weighted by molar-refractivity contribution is 7.92. The minimum Gasteiger partial charge on any atom is -0.386 e. The number of β-amino-alcohol motifs (C(OH)–C–C–N with tert-alkyl or cyclic N) is 1. The van der Waals surface area contributed by atoms with Crippen molar-refractivity contribution in [3.05, 3.63) is 52.1 Å². The number of hydrogen-bond acceptors (Lipinski definition) is 8. The first-order valence-corrected chi connectivity index (χ1v) is 12.2. The van der Waals surface area contributed by atoms with Crippen molar-refractivity contribution in [3.8, 4) is 6.07 Å². The van der Waals surface area contributed by atoms with E-state index < -0.39 is 50.3 Å². The lowest BCUT2D eigenvalue weighted by atomic mass is 10.0. The minimum absolute atomic E-state index is 0.160. The Morgan fingerprint density at radius 1 is 1.27 bits per heavy atom. The van der Waals surface area contributed by atoms with Gasteiger partial charge in [-0.25, -0.2) is 21.8 Å². The molecule has 0 unspecified atom stereocenters. The topological polar surface area (TPSA) is 154 Å². The fraction of sp³-hybridized carbons (Fsp3) is 0.294. The van der Waals surface area contributed by atoms with Crippen molar-refractivity contribution in [2.75, 3.05) is 19.6 Å². The van der Waals surface area contributed by atoms with Crippen molar-refractivity contribution in [1.82, 2.24) is 9.29 Å². The van der Waals surface area contributed by atoms with E-state index in [9.17, 15) is 21.9 Å². The van der Waals surface area contributed by atoms with E-state index in [-0.39, 0.29) is 25.5 Å². The zero-order valence-corrected chi connectivity index (χ0v) is 18.4. The molecule has 13 heteroatoms. The van der Waals surface area contributed by atoms with Crippen molar-refractivity contribution in [2.24, 2.45) is 5.73 Å².